The van der Waals surface area contributed by atoms with Crippen LogP contribution in [0, 0.1) is 0 Å². The van der Waals surface area contributed by atoms with Crippen molar-refractivity contribution in [1.82, 2.24) is 0 Å². The van der Waals surface area contributed by atoms with Crippen LogP contribution in [0.5, 0.6) is 0 Å². The summed E-state index contributed by atoms with van der Waals surface area (Å²) in [6.45, 7) is 0. The maximum atomic E-state index is 6.03. The smallest absolute Gasteiger partial charge is 0.0562 e. The number of benzene rings is 1. The third-order valence-electron chi connectivity index (χ3n) is 2.85. The highest BCUT2D eigenvalue weighted by Crippen LogP contribution is 2.05. The van der Waals surface area contributed by atoms with Crippen LogP contribution in [0.4, 0.5) is 0 Å². The second-order valence-corrected chi connectivity index (χ2v) is 10.0. The van der Waals surface area contributed by atoms with Gasteiger partial charge in [0.1, 0.15) is 0 Å². The fourth-order valence-electron chi connectivity index (χ4n) is 1.67. The zero-order chi connectivity index (χ0) is 13.4. The first-order valence-electron chi connectivity index (χ1n) is 6.13. The standard InChI is InChI=1S/C12H18Cl4Si2/c13-5-9(15)7-17-11-1-2-12(4-3-11)18-8-10(16)6-14/h1-4,9-10H,5-8,17-18H2. The second-order valence-electron chi connectivity index (χ2n) is 4.40. The van der Waals surface area contributed by atoms with Crippen LogP contribution in [0.1, 0.15) is 0 Å². The molecule has 0 radical (unpaired) electrons. The summed E-state index contributed by atoms with van der Waals surface area (Å²) in [5, 5.41) is 3.19. The van der Waals surface area contributed by atoms with E-state index in [0.29, 0.717) is 11.8 Å². The third kappa shape index (κ3) is 6.83. The zero-order valence-electron chi connectivity index (χ0n) is 10.2. The molecule has 1 aromatic rings. The van der Waals surface area contributed by atoms with Crippen LogP contribution >= 0.6 is 46.4 Å². The lowest BCUT2D eigenvalue weighted by Gasteiger charge is -2.07. The summed E-state index contributed by atoms with van der Waals surface area (Å²) in [5.41, 5.74) is 0. The van der Waals surface area contributed by atoms with Gasteiger partial charge in [0, 0.05) is 22.5 Å². The van der Waals surface area contributed by atoms with Gasteiger partial charge in [0.2, 0.25) is 0 Å². The van der Waals surface area contributed by atoms with Crippen LogP contribution in [-0.4, -0.2) is 41.6 Å². The molecule has 0 aromatic heterocycles. The van der Waals surface area contributed by atoms with E-state index in [1.807, 2.05) is 0 Å². The Morgan fingerprint density at radius 1 is 0.778 bits per heavy atom. The number of halogens is 4. The molecule has 0 N–H and O–H groups in total. The molecule has 0 spiro atoms. The summed E-state index contributed by atoms with van der Waals surface area (Å²) in [4.78, 5) is 0. The largest absolute Gasteiger partial charge is 0.125 e. The van der Waals surface area contributed by atoms with Crippen molar-refractivity contribution in [3.63, 3.8) is 0 Å². The monoisotopic (exact) mass is 358 g/mol. The van der Waals surface area contributed by atoms with Crippen molar-refractivity contribution in [3.05, 3.63) is 24.3 Å². The van der Waals surface area contributed by atoms with Crippen LogP contribution in [0.2, 0.25) is 12.1 Å². The number of hydrogen-bond acceptors (Lipinski definition) is 0. The van der Waals surface area contributed by atoms with Gasteiger partial charge in [-0.1, -0.05) is 34.6 Å². The van der Waals surface area contributed by atoms with Crippen LogP contribution < -0.4 is 10.4 Å². The quantitative estimate of drug-likeness (QED) is 0.490. The molecular formula is C12H18Cl4Si2. The molecule has 0 heterocycles. The molecule has 18 heavy (non-hydrogen) atoms. The molecule has 0 aliphatic heterocycles. The van der Waals surface area contributed by atoms with Crippen molar-refractivity contribution in [2.75, 3.05) is 11.8 Å². The van der Waals surface area contributed by atoms with Gasteiger partial charge in [-0.15, -0.1) is 46.4 Å². The molecule has 0 aliphatic carbocycles. The fraction of sp³-hybridized carbons (Fsp3) is 0.500. The number of alkyl halides is 4. The first-order chi connectivity index (χ1) is 8.65. The van der Waals surface area contributed by atoms with Crippen molar-refractivity contribution in [3.8, 4) is 0 Å². The maximum Gasteiger partial charge on any atom is 0.0562 e. The highest BCUT2D eigenvalue weighted by molar-refractivity contribution is 6.57. The van der Waals surface area contributed by atoms with Gasteiger partial charge in [0.15, 0.2) is 0 Å². The first-order valence-corrected chi connectivity index (χ1v) is 11.5. The van der Waals surface area contributed by atoms with Crippen LogP contribution in [0.25, 0.3) is 0 Å². The van der Waals surface area contributed by atoms with Crippen LogP contribution in [0.15, 0.2) is 24.3 Å². The minimum atomic E-state index is -0.268. The van der Waals surface area contributed by atoms with E-state index in [2.05, 4.69) is 24.3 Å². The Labute approximate surface area is 134 Å². The third-order valence-corrected chi connectivity index (χ3v) is 9.46. The van der Waals surface area contributed by atoms with Crippen molar-refractivity contribution in [1.29, 1.82) is 0 Å². The van der Waals surface area contributed by atoms with E-state index >= 15 is 0 Å². The highest BCUT2D eigenvalue weighted by atomic mass is 35.5. The average Bonchev–Trinajstić information content (AvgIpc) is 2.43. The fourth-order valence-corrected chi connectivity index (χ4v) is 5.99. The minimum Gasteiger partial charge on any atom is -0.125 e. The molecule has 0 fully saturated rings. The molecule has 0 aliphatic rings. The van der Waals surface area contributed by atoms with E-state index in [1.54, 1.807) is 0 Å². The maximum absolute atomic E-state index is 6.03. The molecule has 0 saturated carbocycles. The molecule has 6 heteroatoms. The predicted octanol–water partition coefficient (Wildman–Crippen LogP) is 1.80. The van der Waals surface area contributed by atoms with Gasteiger partial charge in [0.05, 0.1) is 19.0 Å². The van der Waals surface area contributed by atoms with Gasteiger partial charge in [-0.05, 0) is 12.1 Å². The van der Waals surface area contributed by atoms with Crippen molar-refractivity contribution >= 4 is 75.8 Å². The van der Waals surface area contributed by atoms with E-state index in [4.69, 9.17) is 46.4 Å². The van der Waals surface area contributed by atoms with Gasteiger partial charge in [-0.3, -0.25) is 0 Å². The summed E-state index contributed by atoms with van der Waals surface area (Å²) in [6.07, 6.45) is 0. The van der Waals surface area contributed by atoms with Crippen molar-refractivity contribution in [2.24, 2.45) is 0 Å². The molecule has 0 saturated heterocycles. The van der Waals surface area contributed by atoms with E-state index in [-0.39, 0.29) is 29.8 Å². The Morgan fingerprint density at radius 3 is 1.39 bits per heavy atom. The van der Waals surface area contributed by atoms with Gasteiger partial charge < -0.3 is 0 Å². The summed E-state index contributed by atoms with van der Waals surface area (Å²) in [6, 6.07) is 11.1. The minimum absolute atomic E-state index is 0.133. The Bertz CT molecular complexity index is 298. The van der Waals surface area contributed by atoms with E-state index in [9.17, 15) is 0 Å². The molecule has 1 rings (SSSR count). The first kappa shape index (κ1) is 16.9. The Morgan fingerprint density at radius 2 is 1.11 bits per heavy atom. The summed E-state index contributed by atoms with van der Waals surface area (Å²) in [7, 11) is -0.536. The van der Waals surface area contributed by atoms with Gasteiger partial charge in [0.25, 0.3) is 0 Å². The Kier molecular flexibility index (Phi) is 9.07. The molecule has 0 bridgehead atoms. The lowest BCUT2D eigenvalue weighted by Crippen LogP contribution is -2.23. The summed E-state index contributed by atoms with van der Waals surface area (Å²) >= 11 is 23.5. The van der Waals surface area contributed by atoms with E-state index < -0.39 is 0 Å². The predicted molar refractivity (Wildman–Crippen MR) is 93.1 cm³/mol. The number of hydrogen-bond donors (Lipinski definition) is 0. The normalized spacial score (nSPS) is 15.8. The molecular weight excluding hydrogens is 342 g/mol. The average molecular weight is 360 g/mol. The SMILES string of the molecule is ClCC(Cl)C[SiH2]c1ccc([SiH2]CC(Cl)CCl)cc1. The zero-order valence-corrected chi connectivity index (χ0v) is 16.1. The summed E-state index contributed by atoms with van der Waals surface area (Å²) in [5.74, 6) is 1.10. The summed E-state index contributed by atoms with van der Waals surface area (Å²) < 4.78 is 0. The van der Waals surface area contributed by atoms with Gasteiger partial charge >= 0.3 is 0 Å². The Balaban J connectivity index is 2.37. The second kappa shape index (κ2) is 9.68. The van der Waals surface area contributed by atoms with E-state index in [0.717, 1.165) is 12.1 Å². The Hall–Kier alpha value is 0.814. The lowest BCUT2D eigenvalue weighted by atomic mass is 10.4. The number of rotatable bonds is 8. The molecule has 2 unspecified atom stereocenters. The topological polar surface area (TPSA) is 0 Å². The molecule has 0 nitrogen and oxygen atoms in total. The van der Waals surface area contributed by atoms with Crippen molar-refractivity contribution in [2.45, 2.75) is 22.8 Å². The van der Waals surface area contributed by atoms with Crippen LogP contribution in [0.3, 0.4) is 0 Å². The highest BCUT2D eigenvalue weighted by Gasteiger charge is 2.05. The molecule has 1 aromatic carbocycles. The molecule has 0 amide bonds. The molecule has 2 atom stereocenters. The van der Waals surface area contributed by atoms with Gasteiger partial charge in [-0.2, -0.15) is 0 Å². The lowest BCUT2D eigenvalue weighted by molar-refractivity contribution is 1.10. The molecule has 102 valence electrons. The van der Waals surface area contributed by atoms with E-state index in [1.165, 1.54) is 10.4 Å². The van der Waals surface area contributed by atoms with Crippen LogP contribution in [-0.2, 0) is 0 Å². The van der Waals surface area contributed by atoms with Gasteiger partial charge in [-0.25, -0.2) is 0 Å². The van der Waals surface area contributed by atoms with Crippen molar-refractivity contribution < 1.29 is 0 Å².